The highest BCUT2D eigenvalue weighted by molar-refractivity contribution is 5.75. The number of pyridine rings is 1. The van der Waals surface area contributed by atoms with Gasteiger partial charge in [-0.1, -0.05) is 62.8 Å². The highest BCUT2D eigenvalue weighted by atomic mass is 19.4. The summed E-state index contributed by atoms with van der Waals surface area (Å²) in [5.74, 6) is -0.405. The van der Waals surface area contributed by atoms with Gasteiger partial charge >= 0.3 is 6.18 Å². The van der Waals surface area contributed by atoms with E-state index >= 15 is 4.39 Å². The molecule has 2 unspecified atom stereocenters. The van der Waals surface area contributed by atoms with Crippen LogP contribution in [-0.2, 0) is 12.6 Å². The Morgan fingerprint density at radius 3 is 2.10 bits per heavy atom. The van der Waals surface area contributed by atoms with E-state index in [0.29, 0.717) is 40.8 Å². The summed E-state index contributed by atoms with van der Waals surface area (Å²) in [6.07, 6.45) is 4.48. The number of nitrogens with zero attached hydrogens (tertiary/aromatic N) is 1. The zero-order valence-electron chi connectivity index (χ0n) is 23.1. The van der Waals surface area contributed by atoms with E-state index in [9.17, 15) is 22.7 Å². The Labute approximate surface area is 238 Å². The number of halogens is 5. The predicted molar refractivity (Wildman–Crippen MR) is 149 cm³/mol. The van der Waals surface area contributed by atoms with Crippen molar-refractivity contribution in [2.24, 2.45) is 5.41 Å². The Morgan fingerprint density at radius 1 is 0.854 bits per heavy atom. The Morgan fingerprint density at radius 2 is 1.49 bits per heavy atom. The fourth-order valence-corrected chi connectivity index (χ4v) is 7.68. The summed E-state index contributed by atoms with van der Waals surface area (Å²) >= 11 is 0. The fourth-order valence-electron chi connectivity index (χ4n) is 7.68. The van der Waals surface area contributed by atoms with Gasteiger partial charge in [0.1, 0.15) is 5.82 Å². The Balaban J connectivity index is 1.57. The molecule has 2 atom stereocenters. The Hall–Kier alpha value is -2.80. The highest BCUT2D eigenvalue weighted by Gasteiger charge is 2.43. The van der Waals surface area contributed by atoms with Crippen molar-refractivity contribution in [1.29, 1.82) is 0 Å². The van der Waals surface area contributed by atoms with Crippen molar-refractivity contribution in [2.45, 2.75) is 101 Å². The van der Waals surface area contributed by atoms with Crippen molar-refractivity contribution in [3.63, 3.8) is 0 Å². The minimum absolute atomic E-state index is 0.0198. The molecule has 0 amide bonds. The summed E-state index contributed by atoms with van der Waals surface area (Å²) < 4.78 is 70.7. The van der Waals surface area contributed by atoms with Crippen molar-refractivity contribution in [2.75, 3.05) is 0 Å². The number of fused-ring (bicyclic) bond motifs is 1. The summed E-state index contributed by atoms with van der Waals surface area (Å²) in [6, 6.07) is 10.1. The third-order valence-corrected chi connectivity index (χ3v) is 9.71. The molecule has 41 heavy (non-hydrogen) atoms. The van der Waals surface area contributed by atoms with Gasteiger partial charge in [-0.25, -0.2) is 8.78 Å². The molecule has 2 nitrogen and oxygen atoms in total. The summed E-state index contributed by atoms with van der Waals surface area (Å²) in [5.41, 5.74) is 2.68. The topological polar surface area (TPSA) is 33.1 Å². The maximum absolute atomic E-state index is 16.9. The third kappa shape index (κ3) is 5.54. The molecule has 0 radical (unpaired) electrons. The normalized spacial score (nSPS) is 22.0. The van der Waals surface area contributed by atoms with Crippen LogP contribution in [0.3, 0.4) is 0 Å². The Kier molecular flexibility index (Phi) is 7.68. The number of aliphatic hydroxyl groups excluding tert-OH is 1. The van der Waals surface area contributed by atoms with Gasteiger partial charge in [-0.05, 0) is 84.9 Å². The minimum atomic E-state index is -4.52. The van der Waals surface area contributed by atoms with E-state index in [2.05, 4.69) is 0 Å². The van der Waals surface area contributed by atoms with E-state index < -0.39 is 29.8 Å². The van der Waals surface area contributed by atoms with Crippen LogP contribution in [0.25, 0.3) is 11.1 Å². The maximum Gasteiger partial charge on any atom is 0.416 e. The second-order valence-electron chi connectivity index (χ2n) is 12.4. The van der Waals surface area contributed by atoms with Gasteiger partial charge in [-0.2, -0.15) is 13.2 Å². The number of hydrogen-bond donors (Lipinski definition) is 1. The average molecular weight is 570 g/mol. The number of benzene rings is 2. The molecule has 2 saturated carbocycles. The lowest BCUT2D eigenvalue weighted by Gasteiger charge is -2.41. The molecule has 0 saturated heterocycles. The largest absolute Gasteiger partial charge is 0.416 e. The molecule has 1 aromatic heterocycles. The van der Waals surface area contributed by atoms with Gasteiger partial charge in [-0.3, -0.25) is 4.98 Å². The van der Waals surface area contributed by atoms with Crippen molar-refractivity contribution >= 4 is 0 Å². The maximum atomic E-state index is 16.9. The quantitative estimate of drug-likeness (QED) is 0.317. The lowest BCUT2D eigenvalue weighted by atomic mass is 9.66. The van der Waals surface area contributed by atoms with Crippen molar-refractivity contribution < 1.29 is 27.1 Å². The molecule has 3 aliphatic rings. The van der Waals surface area contributed by atoms with E-state index in [1.54, 1.807) is 12.1 Å². The molecule has 2 aromatic carbocycles. The van der Waals surface area contributed by atoms with E-state index in [1.807, 2.05) is 0 Å². The van der Waals surface area contributed by atoms with Crippen LogP contribution < -0.4 is 0 Å². The van der Waals surface area contributed by atoms with E-state index in [-0.39, 0.29) is 16.9 Å². The van der Waals surface area contributed by atoms with Gasteiger partial charge in [-0.15, -0.1) is 0 Å². The van der Waals surface area contributed by atoms with Gasteiger partial charge in [0.25, 0.3) is 0 Å². The number of alkyl halides is 4. The monoisotopic (exact) mass is 569 g/mol. The van der Waals surface area contributed by atoms with Crippen LogP contribution in [0.15, 0.2) is 48.5 Å². The molecular weight excluding hydrogens is 533 g/mol. The first-order chi connectivity index (χ1) is 19.7. The number of hydrogen-bond acceptors (Lipinski definition) is 2. The third-order valence-electron chi connectivity index (χ3n) is 9.71. The lowest BCUT2D eigenvalue weighted by Crippen LogP contribution is -2.33. The number of aromatic nitrogens is 1. The summed E-state index contributed by atoms with van der Waals surface area (Å²) in [7, 11) is 0. The highest BCUT2D eigenvalue weighted by Crippen LogP contribution is 2.54. The van der Waals surface area contributed by atoms with Crippen LogP contribution in [0.4, 0.5) is 22.0 Å². The van der Waals surface area contributed by atoms with Crippen LogP contribution >= 0.6 is 0 Å². The molecule has 3 aliphatic carbocycles. The van der Waals surface area contributed by atoms with Crippen LogP contribution in [0.5, 0.6) is 0 Å². The van der Waals surface area contributed by atoms with Gasteiger partial charge < -0.3 is 5.11 Å². The fraction of sp³-hybridized carbons (Fsp3) is 0.500. The minimum Gasteiger partial charge on any atom is -0.388 e. The predicted octanol–water partition coefficient (Wildman–Crippen LogP) is 9.94. The van der Waals surface area contributed by atoms with Gasteiger partial charge in [0.05, 0.1) is 17.4 Å². The van der Waals surface area contributed by atoms with Gasteiger partial charge in [0.15, 0.2) is 6.17 Å². The first-order valence-corrected chi connectivity index (χ1v) is 15.0. The lowest BCUT2D eigenvalue weighted by molar-refractivity contribution is -0.137. The van der Waals surface area contributed by atoms with Crippen LogP contribution in [0, 0.1) is 11.2 Å². The molecule has 1 heterocycles. The molecule has 0 bridgehead atoms. The molecule has 2 fully saturated rings. The zero-order chi connectivity index (χ0) is 28.8. The van der Waals surface area contributed by atoms with E-state index in [4.69, 9.17) is 4.98 Å². The van der Waals surface area contributed by atoms with Crippen LogP contribution in [0.1, 0.15) is 122 Å². The second kappa shape index (κ2) is 11.1. The molecule has 6 rings (SSSR count). The van der Waals surface area contributed by atoms with Crippen molar-refractivity contribution in [1.82, 2.24) is 4.98 Å². The SMILES string of the molecule is OC1CC2(CCCCCC2)Cc2nc(C3CCCC3)c(C(F)c3ccc(C(F)(F)F)cc3)c(-c3ccc(F)cc3)c21. The number of rotatable bonds is 4. The van der Waals surface area contributed by atoms with Crippen LogP contribution in [-0.4, -0.2) is 10.1 Å². The zero-order valence-corrected chi connectivity index (χ0v) is 23.1. The first kappa shape index (κ1) is 28.3. The summed E-state index contributed by atoms with van der Waals surface area (Å²) in [4.78, 5) is 5.18. The Bertz CT molecular complexity index is 1370. The van der Waals surface area contributed by atoms with Gasteiger partial charge in [0, 0.05) is 22.7 Å². The van der Waals surface area contributed by atoms with Gasteiger partial charge in [0.2, 0.25) is 0 Å². The standard InChI is InChI=1S/C34H36F5NO/c35-25-15-11-21(12-16-25)28-29-26(19-33(20-27(29)41)17-5-1-2-6-18-33)40-32(23-7-3-4-8-23)30(28)31(36)22-9-13-24(14-10-22)34(37,38)39/h9-16,23,27,31,41H,1-8,17-20H2. The summed E-state index contributed by atoms with van der Waals surface area (Å²) in [6.45, 7) is 0. The molecule has 7 heteroatoms. The average Bonchev–Trinajstić information content (AvgIpc) is 3.40. The smallest absolute Gasteiger partial charge is 0.388 e. The number of aliphatic hydroxyl groups is 1. The summed E-state index contributed by atoms with van der Waals surface area (Å²) in [5, 5.41) is 11.8. The molecular formula is C34H36F5NO. The molecule has 1 spiro atoms. The van der Waals surface area contributed by atoms with Crippen LogP contribution in [0.2, 0.25) is 0 Å². The molecule has 3 aromatic rings. The van der Waals surface area contributed by atoms with Crippen molar-refractivity contribution in [3.8, 4) is 11.1 Å². The second-order valence-corrected chi connectivity index (χ2v) is 12.4. The molecule has 1 N–H and O–H groups in total. The molecule has 0 aliphatic heterocycles. The van der Waals surface area contributed by atoms with Crippen molar-refractivity contribution in [3.05, 3.63) is 88.0 Å². The van der Waals surface area contributed by atoms with E-state index in [0.717, 1.165) is 69.2 Å². The first-order valence-electron chi connectivity index (χ1n) is 15.0. The molecule has 218 valence electrons. The van der Waals surface area contributed by atoms with E-state index in [1.165, 1.54) is 37.1 Å².